The fourth-order valence-electron chi connectivity index (χ4n) is 2.67. The summed E-state index contributed by atoms with van der Waals surface area (Å²) in [6.45, 7) is 0. The number of aliphatic hydroxyl groups is 1. The van der Waals surface area contributed by atoms with Crippen LogP contribution in [0.4, 0.5) is 4.39 Å². The molecule has 0 aromatic heterocycles. The number of halogens is 2. The average Bonchev–Trinajstić information content (AvgIpc) is 2.88. The lowest BCUT2D eigenvalue weighted by Crippen LogP contribution is -2.02. The van der Waals surface area contributed by atoms with Crippen LogP contribution in [0.15, 0.2) is 40.9 Å². The molecule has 1 N–H and O–H groups in total. The summed E-state index contributed by atoms with van der Waals surface area (Å²) in [5, 5.41) is 10.4. The van der Waals surface area contributed by atoms with Crippen molar-refractivity contribution < 1.29 is 9.50 Å². The third-order valence-corrected chi connectivity index (χ3v) is 4.55. The molecule has 98 valence electrons. The Morgan fingerprint density at radius 2 is 1.89 bits per heavy atom. The zero-order valence-electron chi connectivity index (χ0n) is 10.4. The second-order valence-electron chi connectivity index (χ2n) is 4.93. The molecule has 0 fully saturated rings. The first kappa shape index (κ1) is 12.8. The highest BCUT2D eigenvalue weighted by Crippen LogP contribution is 2.32. The van der Waals surface area contributed by atoms with Gasteiger partial charge in [-0.05, 0) is 57.9 Å². The number of hydrogen-bond donors (Lipinski definition) is 1. The van der Waals surface area contributed by atoms with Gasteiger partial charge in [0.05, 0.1) is 4.47 Å². The summed E-state index contributed by atoms with van der Waals surface area (Å²) < 4.78 is 13.9. The molecule has 1 aliphatic carbocycles. The van der Waals surface area contributed by atoms with E-state index in [0.717, 1.165) is 18.4 Å². The van der Waals surface area contributed by atoms with Crippen LogP contribution in [0.25, 0.3) is 0 Å². The summed E-state index contributed by atoms with van der Waals surface area (Å²) in [5.41, 5.74) is 4.07. The van der Waals surface area contributed by atoms with Crippen molar-refractivity contribution in [1.29, 1.82) is 0 Å². The minimum absolute atomic E-state index is 0.336. The van der Waals surface area contributed by atoms with Crippen molar-refractivity contribution in [3.05, 3.63) is 68.9 Å². The Labute approximate surface area is 120 Å². The minimum Gasteiger partial charge on any atom is -0.384 e. The molecule has 0 heterocycles. The Hall–Kier alpha value is -1.19. The summed E-state index contributed by atoms with van der Waals surface area (Å²) in [6.07, 6.45) is 2.57. The van der Waals surface area contributed by atoms with Gasteiger partial charge in [0.2, 0.25) is 0 Å². The van der Waals surface area contributed by atoms with E-state index in [0.29, 0.717) is 10.0 Å². The van der Waals surface area contributed by atoms with Crippen molar-refractivity contribution in [3.8, 4) is 0 Å². The summed E-state index contributed by atoms with van der Waals surface area (Å²) in [4.78, 5) is 0. The van der Waals surface area contributed by atoms with Crippen LogP contribution >= 0.6 is 15.9 Å². The molecule has 2 aromatic rings. The van der Waals surface area contributed by atoms with Crippen LogP contribution in [0.3, 0.4) is 0 Å². The van der Waals surface area contributed by atoms with Crippen molar-refractivity contribution >= 4 is 15.9 Å². The third-order valence-electron chi connectivity index (χ3n) is 3.71. The smallest absolute Gasteiger partial charge is 0.137 e. The molecule has 0 saturated heterocycles. The molecule has 0 aliphatic heterocycles. The Morgan fingerprint density at radius 3 is 2.74 bits per heavy atom. The maximum absolute atomic E-state index is 13.5. The van der Waals surface area contributed by atoms with Gasteiger partial charge >= 0.3 is 0 Å². The molecule has 1 atom stereocenters. The van der Waals surface area contributed by atoms with Gasteiger partial charge in [0.1, 0.15) is 11.9 Å². The molecule has 19 heavy (non-hydrogen) atoms. The van der Waals surface area contributed by atoms with Crippen molar-refractivity contribution in [1.82, 2.24) is 0 Å². The van der Waals surface area contributed by atoms with Gasteiger partial charge in [-0.1, -0.05) is 30.3 Å². The highest BCUT2D eigenvalue weighted by atomic mass is 79.9. The normalized spacial score (nSPS) is 15.3. The van der Waals surface area contributed by atoms with Crippen LogP contribution in [0.2, 0.25) is 0 Å². The molecule has 1 nitrogen and oxygen atoms in total. The predicted molar refractivity (Wildman–Crippen MR) is 76.6 cm³/mol. The second-order valence-corrected chi connectivity index (χ2v) is 5.72. The summed E-state index contributed by atoms with van der Waals surface area (Å²) in [6, 6.07) is 10.8. The Kier molecular flexibility index (Phi) is 3.42. The van der Waals surface area contributed by atoms with E-state index in [1.807, 2.05) is 12.1 Å². The monoisotopic (exact) mass is 320 g/mol. The van der Waals surface area contributed by atoms with Crippen molar-refractivity contribution in [2.45, 2.75) is 25.4 Å². The van der Waals surface area contributed by atoms with E-state index in [2.05, 4.69) is 22.0 Å². The number of benzene rings is 2. The van der Waals surface area contributed by atoms with Crippen molar-refractivity contribution in [2.24, 2.45) is 0 Å². The maximum Gasteiger partial charge on any atom is 0.137 e. The lowest BCUT2D eigenvalue weighted by Gasteiger charge is -2.15. The van der Waals surface area contributed by atoms with Gasteiger partial charge in [-0.25, -0.2) is 4.39 Å². The van der Waals surface area contributed by atoms with Crippen molar-refractivity contribution in [2.75, 3.05) is 0 Å². The van der Waals surface area contributed by atoms with E-state index in [9.17, 15) is 9.50 Å². The van der Waals surface area contributed by atoms with Gasteiger partial charge in [0.15, 0.2) is 0 Å². The van der Waals surface area contributed by atoms with E-state index in [1.54, 1.807) is 12.1 Å². The highest BCUT2D eigenvalue weighted by molar-refractivity contribution is 9.10. The average molecular weight is 321 g/mol. The zero-order chi connectivity index (χ0) is 13.4. The minimum atomic E-state index is -0.795. The molecule has 2 aromatic carbocycles. The predicted octanol–water partition coefficient (Wildman–Crippen LogP) is 4.16. The van der Waals surface area contributed by atoms with Crippen molar-refractivity contribution in [3.63, 3.8) is 0 Å². The van der Waals surface area contributed by atoms with E-state index in [4.69, 9.17) is 0 Å². The lowest BCUT2D eigenvalue weighted by molar-refractivity contribution is 0.219. The Morgan fingerprint density at radius 1 is 1.11 bits per heavy atom. The molecule has 3 heteroatoms. The first-order valence-electron chi connectivity index (χ1n) is 6.40. The molecule has 0 amide bonds. The molecule has 0 bridgehead atoms. The van der Waals surface area contributed by atoms with Crippen LogP contribution in [0, 0.1) is 5.82 Å². The molecule has 0 saturated carbocycles. The van der Waals surface area contributed by atoms with E-state index in [1.165, 1.54) is 23.6 Å². The van der Waals surface area contributed by atoms with Gasteiger partial charge in [0, 0.05) is 5.56 Å². The van der Waals surface area contributed by atoms with Crippen LogP contribution in [-0.4, -0.2) is 5.11 Å². The number of aryl methyl sites for hydroxylation is 2. The summed E-state index contributed by atoms with van der Waals surface area (Å²) >= 11 is 3.21. The number of hydrogen-bond acceptors (Lipinski definition) is 1. The number of fused-ring (bicyclic) bond motifs is 1. The van der Waals surface area contributed by atoms with E-state index < -0.39 is 6.10 Å². The largest absolute Gasteiger partial charge is 0.384 e. The number of aliphatic hydroxyl groups excluding tert-OH is 1. The Bertz CT molecular complexity index is 624. The third kappa shape index (κ3) is 2.33. The van der Waals surface area contributed by atoms with Crippen LogP contribution in [-0.2, 0) is 12.8 Å². The molecule has 1 aliphatic rings. The molecular formula is C16H14BrFO. The SMILES string of the molecule is OC(c1ccc2c(c1)CCC2)c1cccc(F)c1Br. The summed E-state index contributed by atoms with van der Waals surface area (Å²) in [7, 11) is 0. The first-order valence-corrected chi connectivity index (χ1v) is 7.20. The van der Waals surface area contributed by atoms with Gasteiger partial charge in [0.25, 0.3) is 0 Å². The van der Waals surface area contributed by atoms with Crippen LogP contribution in [0.1, 0.15) is 34.8 Å². The Balaban J connectivity index is 2.00. The van der Waals surface area contributed by atoms with Gasteiger partial charge in [-0.3, -0.25) is 0 Å². The maximum atomic E-state index is 13.5. The van der Waals surface area contributed by atoms with Gasteiger partial charge in [-0.15, -0.1) is 0 Å². The number of rotatable bonds is 2. The lowest BCUT2D eigenvalue weighted by atomic mass is 9.98. The molecule has 3 rings (SSSR count). The van der Waals surface area contributed by atoms with E-state index >= 15 is 0 Å². The summed E-state index contributed by atoms with van der Waals surface area (Å²) in [5.74, 6) is -0.349. The first-order chi connectivity index (χ1) is 9.16. The topological polar surface area (TPSA) is 20.2 Å². The molecular weight excluding hydrogens is 307 g/mol. The highest BCUT2D eigenvalue weighted by Gasteiger charge is 2.18. The van der Waals surface area contributed by atoms with Gasteiger partial charge in [-0.2, -0.15) is 0 Å². The standard InChI is InChI=1S/C16H14BrFO/c17-15-13(5-2-6-14(15)18)16(19)12-8-7-10-3-1-4-11(10)9-12/h2,5-9,16,19H,1,3-4H2. The fourth-order valence-corrected chi connectivity index (χ4v) is 3.15. The van der Waals surface area contributed by atoms with Crippen LogP contribution < -0.4 is 0 Å². The van der Waals surface area contributed by atoms with Gasteiger partial charge < -0.3 is 5.11 Å². The second kappa shape index (κ2) is 5.06. The van der Waals surface area contributed by atoms with Crippen LogP contribution in [0.5, 0.6) is 0 Å². The molecule has 0 spiro atoms. The zero-order valence-corrected chi connectivity index (χ0v) is 12.0. The molecule has 1 unspecified atom stereocenters. The molecule has 0 radical (unpaired) electrons. The fraction of sp³-hybridized carbons (Fsp3) is 0.250. The van der Waals surface area contributed by atoms with E-state index in [-0.39, 0.29) is 5.82 Å². The quantitative estimate of drug-likeness (QED) is 0.881.